The van der Waals surface area contributed by atoms with Crippen LogP contribution in [0, 0.1) is 5.82 Å². The van der Waals surface area contributed by atoms with Crippen LogP contribution in [0.15, 0.2) is 46.4 Å². The van der Waals surface area contributed by atoms with Gasteiger partial charge in [0.15, 0.2) is 0 Å². The number of hydrogen-bond acceptors (Lipinski definition) is 4. The second-order valence-electron chi connectivity index (χ2n) is 9.79. The Morgan fingerprint density at radius 3 is 2.44 bits per heavy atom. The van der Waals surface area contributed by atoms with Crippen LogP contribution in [-0.2, 0) is 0 Å². The number of carbonyl (C=O) groups is 1. The molecule has 182 valence electrons. The Morgan fingerprint density at radius 2 is 1.82 bits per heavy atom. The molecule has 4 rings (SSSR count). The minimum atomic E-state index is -1.27. The van der Waals surface area contributed by atoms with E-state index in [-0.39, 0.29) is 17.0 Å². The lowest BCUT2D eigenvalue weighted by molar-refractivity contribution is 0.0695. The molecule has 0 amide bonds. The minimum absolute atomic E-state index is 0.139. The van der Waals surface area contributed by atoms with Crippen LogP contribution in [0.4, 0.5) is 10.1 Å². The number of carboxylic acid groups (broad SMARTS) is 1. The summed E-state index contributed by atoms with van der Waals surface area (Å²) in [4.78, 5) is 28.6. The topological polar surface area (TPSA) is 65.8 Å². The molecule has 0 bridgehead atoms. The van der Waals surface area contributed by atoms with Crippen LogP contribution in [0.25, 0.3) is 10.9 Å². The van der Waals surface area contributed by atoms with Crippen LogP contribution in [0.5, 0.6) is 0 Å². The number of piperazine rings is 1. The maximum absolute atomic E-state index is 15.1. The van der Waals surface area contributed by atoms with Crippen molar-refractivity contribution < 1.29 is 14.3 Å². The number of carboxylic acids is 1. The van der Waals surface area contributed by atoms with Gasteiger partial charge in [0, 0.05) is 50.3 Å². The van der Waals surface area contributed by atoms with E-state index in [0.29, 0.717) is 24.3 Å². The van der Waals surface area contributed by atoms with E-state index in [1.54, 1.807) is 6.07 Å². The first-order valence-corrected chi connectivity index (χ1v) is 12.1. The number of fused-ring (bicyclic) bond motifs is 1. The molecule has 2 heterocycles. The zero-order chi connectivity index (χ0) is 24.4. The van der Waals surface area contributed by atoms with Crippen LogP contribution in [-0.4, -0.2) is 53.3 Å². The summed E-state index contributed by atoms with van der Waals surface area (Å²) in [7, 11) is 0. The monoisotopic (exact) mass is 467 g/mol. The molecule has 1 aliphatic carbocycles. The Labute approximate surface area is 200 Å². The molecular weight excluding hydrogens is 433 g/mol. The van der Waals surface area contributed by atoms with E-state index >= 15 is 4.39 Å². The predicted molar refractivity (Wildman–Crippen MR) is 134 cm³/mol. The molecular formula is C27H34FN3O3. The summed E-state index contributed by atoms with van der Waals surface area (Å²) < 4.78 is 17.0. The van der Waals surface area contributed by atoms with Crippen molar-refractivity contribution >= 4 is 22.6 Å². The number of allylic oxidation sites excluding steroid dienone is 3. The predicted octanol–water partition coefficient (Wildman–Crippen LogP) is 4.99. The summed E-state index contributed by atoms with van der Waals surface area (Å²) in [5.74, 6) is -1.75. The van der Waals surface area contributed by atoms with Crippen molar-refractivity contribution in [2.45, 2.75) is 52.5 Å². The third-order valence-corrected chi connectivity index (χ3v) is 6.77. The fraction of sp³-hybridized carbons (Fsp3) is 0.481. The Kier molecular flexibility index (Phi) is 7.22. The zero-order valence-corrected chi connectivity index (χ0v) is 20.3. The largest absolute Gasteiger partial charge is 0.477 e. The number of aromatic carboxylic acids is 1. The van der Waals surface area contributed by atoms with Crippen LogP contribution in [0.2, 0.25) is 0 Å². The van der Waals surface area contributed by atoms with Gasteiger partial charge in [0.1, 0.15) is 11.4 Å². The fourth-order valence-corrected chi connectivity index (χ4v) is 4.55. The Morgan fingerprint density at radius 1 is 1.12 bits per heavy atom. The molecule has 2 fully saturated rings. The van der Waals surface area contributed by atoms with Crippen molar-refractivity contribution in [3.63, 3.8) is 0 Å². The third kappa shape index (κ3) is 5.41. The first-order valence-electron chi connectivity index (χ1n) is 12.1. The van der Waals surface area contributed by atoms with Gasteiger partial charge in [-0.1, -0.05) is 23.3 Å². The second-order valence-corrected chi connectivity index (χ2v) is 9.79. The third-order valence-electron chi connectivity index (χ3n) is 6.77. The molecule has 1 N–H and O–H groups in total. The van der Waals surface area contributed by atoms with Gasteiger partial charge < -0.3 is 14.6 Å². The number of benzene rings is 1. The lowest BCUT2D eigenvalue weighted by Gasteiger charge is -2.36. The van der Waals surface area contributed by atoms with Crippen LogP contribution in [0.1, 0.15) is 62.9 Å². The smallest absolute Gasteiger partial charge is 0.341 e. The van der Waals surface area contributed by atoms with Gasteiger partial charge >= 0.3 is 5.97 Å². The van der Waals surface area contributed by atoms with Gasteiger partial charge in [-0.25, -0.2) is 9.18 Å². The van der Waals surface area contributed by atoms with Crippen molar-refractivity contribution in [2.24, 2.45) is 0 Å². The van der Waals surface area contributed by atoms with Crippen molar-refractivity contribution in [3.05, 3.63) is 63.2 Å². The summed E-state index contributed by atoms with van der Waals surface area (Å²) in [6.07, 6.45) is 9.99. The first-order chi connectivity index (χ1) is 16.2. The lowest BCUT2D eigenvalue weighted by atomic mass is 10.1. The zero-order valence-electron chi connectivity index (χ0n) is 20.3. The minimum Gasteiger partial charge on any atom is -0.477 e. The summed E-state index contributed by atoms with van der Waals surface area (Å²) in [6.45, 7) is 10.4. The second kappa shape index (κ2) is 10.1. The molecule has 6 nitrogen and oxygen atoms in total. The van der Waals surface area contributed by atoms with Gasteiger partial charge in [-0.15, -0.1) is 0 Å². The molecule has 1 aliphatic heterocycles. The molecule has 0 radical (unpaired) electrons. The highest BCUT2D eigenvalue weighted by Gasteiger charge is 2.28. The first kappa shape index (κ1) is 24.2. The molecule has 0 atom stereocenters. The van der Waals surface area contributed by atoms with Crippen molar-refractivity contribution in [3.8, 4) is 0 Å². The normalized spacial score (nSPS) is 17.3. The fourth-order valence-electron chi connectivity index (χ4n) is 4.55. The molecule has 0 spiro atoms. The maximum Gasteiger partial charge on any atom is 0.341 e. The van der Waals surface area contributed by atoms with E-state index in [1.807, 2.05) is 9.47 Å². The van der Waals surface area contributed by atoms with Gasteiger partial charge in [-0.05, 0) is 58.6 Å². The molecule has 2 aliphatic rings. The van der Waals surface area contributed by atoms with Crippen LogP contribution in [0.3, 0.4) is 0 Å². The SMILES string of the molecule is CC(C)=CCC/C(C)=C\CN1CCN(c2cc3c(cc2F)c(=O)c(C(=O)O)cn3C2CC2)CC1. The van der Waals surface area contributed by atoms with Gasteiger partial charge in [0.2, 0.25) is 5.43 Å². The van der Waals surface area contributed by atoms with Crippen molar-refractivity contribution in [2.75, 3.05) is 37.6 Å². The number of nitrogens with zero attached hydrogens (tertiary/aromatic N) is 3. The summed E-state index contributed by atoms with van der Waals surface area (Å²) in [6, 6.07) is 3.13. The number of hydrogen-bond donors (Lipinski definition) is 1. The van der Waals surface area contributed by atoms with Crippen molar-refractivity contribution in [1.29, 1.82) is 0 Å². The number of halogens is 1. The summed E-state index contributed by atoms with van der Waals surface area (Å²) in [5, 5.41) is 9.56. The average molecular weight is 468 g/mol. The maximum atomic E-state index is 15.1. The summed E-state index contributed by atoms with van der Waals surface area (Å²) >= 11 is 0. The van der Waals surface area contributed by atoms with Gasteiger partial charge in [0.05, 0.1) is 11.2 Å². The van der Waals surface area contributed by atoms with Crippen LogP contribution < -0.4 is 10.3 Å². The highest BCUT2D eigenvalue weighted by atomic mass is 19.1. The molecule has 7 heteroatoms. The molecule has 0 unspecified atom stereocenters. The quantitative estimate of drug-likeness (QED) is 0.554. The Balaban J connectivity index is 1.49. The number of rotatable bonds is 8. The molecule has 1 aromatic heterocycles. The molecule has 1 saturated heterocycles. The average Bonchev–Trinajstić information content (AvgIpc) is 3.63. The van der Waals surface area contributed by atoms with E-state index in [4.69, 9.17) is 0 Å². The van der Waals surface area contributed by atoms with E-state index in [1.165, 1.54) is 23.4 Å². The number of pyridine rings is 1. The molecule has 34 heavy (non-hydrogen) atoms. The van der Waals surface area contributed by atoms with E-state index in [0.717, 1.165) is 45.3 Å². The molecule has 2 aromatic rings. The van der Waals surface area contributed by atoms with Gasteiger partial charge in [-0.2, -0.15) is 0 Å². The van der Waals surface area contributed by atoms with E-state index < -0.39 is 17.2 Å². The van der Waals surface area contributed by atoms with Crippen molar-refractivity contribution in [1.82, 2.24) is 9.47 Å². The highest BCUT2D eigenvalue weighted by molar-refractivity contribution is 5.93. The number of aromatic nitrogens is 1. The molecule has 1 saturated carbocycles. The highest BCUT2D eigenvalue weighted by Crippen LogP contribution is 2.38. The number of anilines is 1. The summed E-state index contributed by atoms with van der Waals surface area (Å²) in [5.41, 5.74) is 2.91. The standard InChI is InChI=1S/C27H34FN3O3/c1-18(2)5-4-6-19(3)9-10-29-11-13-30(14-12-29)25-16-24-21(15-23(25)28)26(32)22(27(33)34)17-31(24)20-7-8-20/h5,9,15-17,20H,4,6-8,10-14H2,1-3H3,(H,33,34)/b19-9-. The van der Waals surface area contributed by atoms with E-state index in [9.17, 15) is 14.7 Å². The van der Waals surface area contributed by atoms with Crippen LogP contribution >= 0.6 is 0 Å². The van der Waals surface area contributed by atoms with E-state index in [2.05, 4.69) is 37.8 Å². The lowest BCUT2D eigenvalue weighted by Crippen LogP contribution is -2.46. The van der Waals surface area contributed by atoms with Gasteiger partial charge in [-0.3, -0.25) is 9.69 Å². The Hall–Kier alpha value is -2.93. The Bertz CT molecular complexity index is 1200. The molecule has 1 aromatic carbocycles. The van der Waals surface area contributed by atoms with Gasteiger partial charge in [0.25, 0.3) is 0 Å².